The maximum atomic E-state index is 13.5. The molecule has 4 rings (SSSR count). The molecule has 0 heterocycles. The predicted octanol–water partition coefficient (Wildman–Crippen LogP) is 15.4. The molecule has 0 radical (unpaired) electrons. The Balaban J connectivity index is 0.923. The van der Waals surface area contributed by atoms with Crippen LogP contribution >= 0.6 is 94.1 Å². The molecule has 0 unspecified atom stereocenters. The number of thioether (sulfide) groups is 8. The van der Waals surface area contributed by atoms with Gasteiger partial charge in [0.2, 0.25) is 23.6 Å². The van der Waals surface area contributed by atoms with Gasteiger partial charge in [-0.2, -0.15) is 94.1 Å². The number of unbranched alkanes of at least 4 members (excludes halogenated alkanes) is 2. The van der Waals surface area contributed by atoms with Crippen molar-refractivity contribution in [1.29, 1.82) is 0 Å². The van der Waals surface area contributed by atoms with Crippen molar-refractivity contribution < 1.29 is 58.4 Å². The Morgan fingerprint density at radius 2 is 0.548 bits per heavy atom. The number of nitrogens with zero attached hydrogens (tertiary/aromatic N) is 4. The van der Waals surface area contributed by atoms with E-state index in [4.69, 9.17) is 39.3 Å². The van der Waals surface area contributed by atoms with Gasteiger partial charge in [-0.1, -0.05) is 136 Å². The minimum atomic E-state index is 0.179. The average molecular weight is 1590 g/mol. The number of amides is 4. The molecule has 0 aliphatic rings. The van der Waals surface area contributed by atoms with E-state index in [2.05, 4.69) is 43.3 Å². The van der Waals surface area contributed by atoms with E-state index in [9.17, 15) is 19.2 Å². The third kappa shape index (κ3) is 52.4. The van der Waals surface area contributed by atoms with Crippen LogP contribution in [0.2, 0.25) is 0 Å². The van der Waals surface area contributed by atoms with Crippen molar-refractivity contribution in [1.82, 2.24) is 14.7 Å². The standard InChI is InChI=1S/C80H126N4O12S8/c1-3-5-37-84(76-28-17-10-18-29-76)80(88)33-61-104-69-53-96-45-41-92-49-65-100-57-21-36-83(72-75-26-15-9-16-27-75)79(87)32-60-103-68-52-95-44-40-91-48-64-99-56-20-35-82(71-74-24-13-8-14-25-74)78(86)31-59-102-67-51-94-43-39-90-47-63-98-55-19-34-81(70-73-22-11-7-12-23-73)77(85)30-58-101-66-50-93-42-38-89-46-62-97-54-6-4-2/h7-18,22-29H,3-6,19-21,30-72H2,1-2H3/i2D. The Kier molecular flexibility index (Phi) is 61.3. The van der Waals surface area contributed by atoms with E-state index in [-0.39, 0.29) is 23.6 Å². The second kappa shape index (κ2) is 69.4. The number of carbonyl (C=O) groups is 4. The summed E-state index contributed by atoms with van der Waals surface area (Å²) in [5.74, 6) is 14.9. The lowest BCUT2D eigenvalue weighted by Crippen LogP contribution is -2.32. The molecule has 586 valence electrons. The van der Waals surface area contributed by atoms with E-state index in [0.29, 0.717) is 151 Å². The molecule has 4 aromatic rings. The fraction of sp³-hybridized carbons (Fsp3) is 0.650. The van der Waals surface area contributed by atoms with Crippen LogP contribution in [0.15, 0.2) is 121 Å². The van der Waals surface area contributed by atoms with Gasteiger partial charge in [0.15, 0.2) is 0 Å². The molecule has 0 aliphatic heterocycles. The first-order valence-electron chi connectivity index (χ1n) is 38.4. The highest BCUT2D eigenvalue weighted by atomic mass is 32.2. The van der Waals surface area contributed by atoms with E-state index in [1.54, 1.807) is 47.0 Å². The third-order valence-electron chi connectivity index (χ3n) is 15.8. The quantitative estimate of drug-likeness (QED) is 0.0384. The van der Waals surface area contributed by atoms with E-state index in [0.717, 1.165) is 192 Å². The Bertz CT molecular complexity index is 2660. The van der Waals surface area contributed by atoms with Crippen molar-refractivity contribution in [2.24, 2.45) is 0 Å². The maximum absolute atomic E-state index is 13.5. The molecule has 0 atom stereocenters. The van der Waals surface area contributed by atoms with Gasteiger partial charge in [-0.05, 0) is 83.9 Å². The minimum Gasteiger partial charge on any atom is -0.378 e. The van der Waals surface area contributed by atoms with E-state index < -0.39 is 0 Å². The molecule has 0 saturated heterocycles. The molecule has 104 heavy (non-hydrogen) atoms. The predicted molar refractivity (Wildman–Crippen MR) is 452 cm³/mol. The van der Waals surface area contributed by atoms with E-state index >= 15 is 0 Å². The Labute approximate surface area is 662 Å². The number of hydrogen-bond acceptors (Lipinski definition) is 20. The number of benzene rings is 4. The molecule has 4 aromatic carbocycles. The SMILES string of the molecule is [2H]CCCCSCCOCCOCCSCCC(=O)N(CCCSCCOCCOCCSCCC(=O)N(CCCSCCOCCOCCSCCC(=O)N(CCCSCCOCCOCCSCCC(=O)N(CCCC)c1ccccc1)Cc1ccccc1)Cc1ccccc1)Cc1ccccc1. The highest BCUT2D eigenvalue weighted by molar-refractivity contribution is 8.00. The van der Waals surface area contributed by atoms with Crippen LogP contribution in [-0.2, 0) is 76.7 Å². The lowest BCUT2D eigenvalue weighted by Gasteiger charge is -2.23. The highest BCUT2D eigenvalue weighted by Crippen LogP contribution is 2.19. The van der Waals surface area contributed by atoms with Gasteiger partial charge in [-0.3, -0.25) is 19.2 Å². The van der Waals surface area contributed by atoms with Gasteiger partial charge in [0.25, 0.3) is 0 Å². The summed E-state index contributed by atoms with van der Waals surface area (Å²) in [5.41, 5.74) is 4.41. The molecule has 0 aromatic heterocycles. The number of para-hydroxylation sites is 1. The molecule has 24 heteroatoms. The van der Waals surface area contributed by atoms with Crippen LogP contribution in [0.1, 0.15) is 103 Å². The molecule has 4 amide bonds. The van der Waals surface area contributed by atoms with E-state index in [1.807, 2.05) is 152 Å². The first-order chi connectivity index (χ1) is 51.9. The normalized spacial score (nSPS) is 11.5. The number of rotatable bonds is 73. The highest BCUT2D eigenvalue weighted by Gasteiger charge is 2.19. The van der Waals surface area contributed by atoms with Gasteiger partial charge >= 0.3 is 0 Å². The Morgan fingerprint density at radius 1 is 0.288 bits per heavy atom. The van der Waals surface area contributed by atoms with Crippen LogP contribution in [-0.4, -0.2) is 262 Å². The lowest BCUT2D eigenvalue weighted by atomic mass is 10.2. The lowest BCUT2D eigenvalue weighted by molar-refractivity contribution is -0.132. The maximum Gasteiger partial charge on any atom is 0.227 e. The summed E-state index contributed by atoms with van der Waals surface area (Å²) in [6.45, 7) is 17.3. The van der Waals surface area contributed by atoms with Gasteiger partial charge < -0.3 is 57.5 Å². The Morgan fingerprint density at radius 3 is 0.827 bits per heavy atom. The largest absolute Gasteiger partial charge is 0.378 e. The van der Waals surface area contributed by atoms with Crippen LogP contribution < -0.4 is 4.90 Å². The van der Waals surface area contributed by atoms with Gasteiger partial charge in [-0.15, -0.1) is 0 Å². The van der Waals surface area contributed by atoms with Crippen LogP contribution in [0.4, 0.5) is 5.69 Å². The second-order valence-electron chi connectivity index (χ2n) is 24.2. The fourth-order valence-corrected chi connectivity index (χ4v) is 16.4. The van der Waals surface area contributed by atoms with Gasteiger partial charge in [0.05, 0.1) is 106 Å². The van der Waals surface area contributed by atoms with Gasteiger partial charge in [-0.25, -0.2) is 0 Å². The number of carbonyl (C=O) groups excluding carboxylic acids is 4. The molecule has 0 fully saturated rings. The monoisotopic (exact) mass is 1590 g/mol. The summed E-state index contributed by atoms with van der Waals surface area (Å²) in [6.07, 6.45) is 8.95. The summed E-state index contributed by atoms with van der Waals surface area (Å²) in [5, 5.41) is 0. The zero-order valence-corrected chi connectivity index (χ0v) is 69.1. The summed E-state index contributed by atoms with van der Waals surface area (Å²) < 4.78 is 53.6. The Hall–Kier alpha value is -2.76. The number of hydrogen-bond donors (Lipinski definition) is 0. The van der Waals surface area contributed by atoms with Crippen molar-refractivity contribution in [2.45, 2.75) is 104 Å². The summed E-state index contributed by atoms with van der Waals surface area (Å²) in [7, 11) is 0. The number of anilines is 1. The van der Waals surface area contributed by atoms with Crippen LogP contribution in [0.25, 0.3) is 0 Å². The van der Waals surface area contributed by atoms with Crippen LogP contribution in [0.5, 0.6) is 0 Å². The molecule has 16 nitrogen and oxygen atoms in total. The average Bonchev–Trinajstić information content (AvgIpc) is 0.882. The third-order valence-corrected chi connectivity index (χ3v) is 23.7. The zero-order chi connectivity index (χ0) is 74.4. The number of ether oxygens (including phenoxy) is 8. The van der Waals surface area contributed by atoms with Crippen molar-refractivity contribution in [3.05, 3.63) is 138 Å². The molecular formula is C80H126N4O12S8. The molecule has 0 aliphatic carbocycles. The van der Waals surface area contributed by atoms with Crippen molar-refractivity contribution >= 4 is 123 Å². The summed E-state index contributed by atoms with van der Waals surface area (Å²) >= 11 is 14.5. The molecule has 0 N–H and O–H groups in total. The molecule has 0 saturated carbocycles. The smallest absolute Gasteiger partial charge is 0.227 e. The van der Waals surface area contributed by atoms with Crippen LogP contribution in [0.3, 0.4) is 0 Å². The van der Waals surface area contributed by atoms with Crippen molar-refractivity contribution in [3.8, 4) is 0 Å². The minimum absolute atomic E-state index is 0.179. The second-order valence-corrected chi connectivity index (χ2v) is 34.0. The van der Waals surface area contributed by atoms with Crippen molar-refractivity contribution in [2.75, 3.05) is 229 Å². The van der Waals surface area contributed by atoms with Crippen LogP contribution in [0, 0.1) is 0 Å². The van der Waals surface area contributed by atoms with Gasteiger partial charge in [0.1, 0.15) is 0 Å². The van der Waals surface area contributed by atoms with E-state index in [1.165, 1.54) is 0 Å². The molecule has 0 bridgehead atoms. The van der Waals surface area contributed by atoms with Crippen molar-refractivity contribution in [3.63, 3.8) is 0 Å². The topological polar surface area (TPSA) is 155 Å². The molecule has 0 spiro atoms. The van der Waals surface area contributed by atoms with Gasteiger partial charge in [0, 0.05) is 148 Å². The molecular weight excluding hydrogens is 1470 g/mol. The zero-order valence-electron chi connectivity index (χ0n) is 63.6. The summed E-state index contributed by atoms with van der Waals surface area (Å²) in [4.78, 5) is 61.2. The first kappa shape index (κ1) is 91.8. The summed E-state index contributed by atoms with van der Waals surface area (Å²) in [6, 6.07) is 40.7. The fourth-order valence-electron chi connectivity index (χ4n) is 10.2. The first-order valence-corrected chi connectivity index (χ1v) is 46.9.